The number of anilines is 1. The van der Waals surface area contributed by atoms with E-state index in [4.69, 9.17) is 16.3 Å². The van der Waals surface area contributed by atoms with Crippen molar-refractivity contribution in [1.82, 2.24) is 10.2 Å². The van der Waals surface area contributed by atoms with E-state index in [1.54, 1.807) is 55.6 Å². The first kappa shape index (κ1) is 21.6. The molecule has 2 aromatic rings. The molecule has 2 N–H and O–H groups in total. The first-order valence-electron chi connectivity index (χ1n) is 8.97. The van der Waals surface area contributed by atoms with Gasteiger partial charge in [0.2, 0.25) is 0 Å². The summed E-state index contributed by atoms with van der Waals surface area (Å²) in [6, 6.07) is 13.6. The maximum absolute atomic E-state index is 12.4. The number of hydrogen-bond donors (Lipinski definition) is 2. The van der Waals surface area contributed by atoms with Crippen LogP contribution >= 0.6 is 11.6 Å². The highest BCUT2D eigenvalue weighted by Gasteiger charge is 2.16. The van der Waals surface area contributed by atoms with Gasteiger partial charge >= 0.3 is 6.03 Å². The molecule has 0 spiro atoms. The summed E-state index contributed by atoms with van der Waals surface area (Å²) in [6.45, 7) is 6.46. The Balaban J connectivity index is 1.87. The van der Waals surface area contributed by atoms with Crippen molar-refractivity contribution in [1.29, 1.82) is 0 Å². The maximum Gasteiger partial charge on any atom is 0.321 e. The van der Waals surface area contributed by atoms with Crippen LogP contribution in [-0.2, 0) is 0 Å². The van der Waals surface area contributed by atoms with E-state index in [0.717, 1.165) is 0 Å². The first-order chi connectivity index (χ1) is 13.1. The van der Waals surface area contributed by atoms with Gasteiger partial charge in [-0.1, -0.05) is 23.7 Å². The molecular weight excluding hydrogens is 378 g/mol. The second-order valence-corrected chi connectivity index (χ2v) is 7.88. The molecule has 0 saturated carbocycles. The molecule has 0 aliphatic heterocycles. The normalized spacial score (nSPS) is 10.9. The Kier molecular flexibility index (Phi) is 7.29. The fourth-order valence-electron chi connectivity index (χ4n) is 2.33. The highest BCUT2D eigenvalue weighted by atomic mass is 35.5. The summed E-state index contributed by atoms with van der Waals surface area (Å²) in [5, 5.41) is 6.28. The van der Waals surface area contributed by atoms with Crippen molar-refractivity contribution >= 4 is 29.2 Å². The number of hydrogen-bond acceptors (Lipinski definition) is 3. The zero-order chi connectivity index (χ0) is 20.7. The third kappa shape index (κ3) is 7.12. The lowest BCUT2D eigenvalue weighted by Crippen LogP contribution is -2.40. The van der Waals surface area contributed by atoms with Crippen LogP contribution in [-0.4, -0.2) is 42.6 Å². The van der Waals surface area contributed by atoms with Gasteiger partial charge in [-0.05, 0) is 57.2 Å². The molecule has 0 atom stereocenters. The van der Waals surface area contributed by atoms with Gasteiger partial charge in [0.05, 0.1) is 6.54 Å². The Hall–Kier alpha value is -2.73. The number of halogens is 1. The Morgan fingerprint density at radius 1 is 1.11 bits per heavy atom. The average Bonchev–Trinajstić information content (AvgIpc) is 2.60. The summed E-state index contributed by atoms with van der Waals surface area (Å²) in [5.74, 6) is 0.464. The number of nitrogens with zero attached hydrogens (tertiary/aromatic N) is 1. The van der Waals surface area contributed by atoms with E-state index in [-0.39, 0.29) is 17.5 Å². The van der Waals surface area contributed by atoms with Crippen molar-refractivity contribution in [2.75, 3.05) is 25.5 Å². The molecule has 3 amide bonds. The number of nitrogens with one attached hydrogen (secondary N) is 2. The van der Waals surface area contributed by atoms with E-state index in [9.17, 15) is 9.59 Å². The molecule has 0 aliphatic carbocycles. The van der Waals surface area contributed by atoms with E-state index in [0.29, 0.717) is 35.2 Å². The van der Waals surface area contributed by atoms with Crippen LogP contribution in [0.15, 0.2) is 48.5 Å². The molecule has 2 rings (SSSR count). The number of benzene rings is 2. The van der Waals surface area contributed by atoms with Gasteiger partial charge in [-0.15, -0.1) is 0 Å². The molecule has 0 saturated heterocycles. The van der Waals surface area contributed by atoms with Gasteiger partial charge in [0.15, 0.2) is 0 Å². The summed E-state index contributed by atoms with van der Waals surface area (Å²) < 4.78 is 5.60. The largest absolute Gasteiger partial charge is 0.492 e. The predicted molar refractivity (Wildman–Crippen MR) is 112 cm³/mol. The number of carbonyl (C=O) groups is 2. The van der Waals surface area contributed by atoms with Gasteiger partial charge in [0, 0.05) is 28.9 Å². The third-order valence-electron chi connectivity index (χ3n) is 3.70. The second kappa shape index (κ2) is 9.46. The molecule has 0 heterocycles. The van der Waals surface area contributed by atoms with Crippen LogP contribution in [0.4, 0.5) is 10.5 Å². The van der Waals surface area contributed by atoms with Gasteiger partial charge in [-0.25, -0.2) is 4.79 Å². The van der Waals surface area contributed by atoms with Crippen LogP contribution in [0.5, 0.6) is 5.75 Å². The van der Waals surface area contributed by atoms with Gasteiger partial charge in [-0.3, -0.25) is 4.79 Å². The monoisotopic (exact) mass is 403 g/mol. The molecule has 6 nitrogen and oxygen atoms in total. The van der Waals surface area contributed by atoms with Crippen molar-refractivity contribution in [3.63, 3.8) is 0 Å². The fraction of sp³-hybridized carbons (Fsp3) is 0.333. The Morgan fingerprint density at radius 3 is 2.50 bits per heavy atom. The van der Waals surface area contributed by atoms with E-state index in [2.05, 4.69) is 10.6 Å². The predicted octanol–water partition coefficient (Wildman–Crippen LogP) is 4.41. The molecule has 0 aliphatic rings. The molecule has 150 valence electrons. The molecule has 28 heavy (non-hydrogen) atoms. The zero-order valence-electron chi connectivity index (χ0n) is 16.6. The van der Waals surface area contributed by atoms with E-state index in [1.807, 2.05) is 20.8 Å². The van der Waals surface area contributed by atoms with Crippen LogP contribution in [0.2, 0.25) is 5.02 Å². The lowest BCUT2D eigenvalue weighted by atomic mass is 10.1. The second-order valence-electron chi connectivity index (χ2n) is 7.44. The van der Waals surface area contributed by atoms with Crippen LogP contribution in [0, 0.1) is 0 Å². The van der Waals surface area contributed by atoms with Crippen LogP contribution in [0.1, 0.15) is 31.1 Å². The lowest BCUT2D eigenvalue weighted by molar-refractivity contribution is 0.0919. The number of carbonyl (C=O) groups excluding carboxylic acids is 2. The molecule has 0 aromatic heterocycles. The van der Waals surface area contributed by atoms with Crippen molar-refractivity contribution in [3.8, 4) is 5.75 Å². The van der Waals surface area contributed by atoms with E-state index >= 15 is 0 Å². The average molecular weight is 404 g/mol. The summed E-state index contributed by atoms with van der Waals surface area (Å²) in [7, 11) is 1.67. The number of amides is 3. The summed E-state index contributed by atoms with van der Waals surface area (Å²) in [6.07, 6.45) is 0. The molecule has 2 aromatic carbocycles. The van der Waals surface area contributed by atoms with Gasteiger partial charge in [0.25, 0.3) is 5.91 Å². The topological polar surface area (TPSA) is 70.7 Å². The SMILES string of the molecule is CN(CCOc1cccc(Cl)c1)C(=O)Nc1cccc(C(=O)NC(C)(C)C)c1. The molecular formula is C21H26ClN3O3. The molecule has 7 heteroatoms. The van der Waals surface area contributed by atoms with Crippen LogP contribution in [0.3, 0.4) is 0 Å². The molecule has 0 fully saturated rings. The van der Waals surface area contributed by atoms with Crippen LogP contribution < -0.4 is 15.4 Å². The molecule has 0 unspecified atom stereocenters. The smallest absolute Gasteiger partial charge is 0.321 e. The zero-order valence-corrected chi connectivity index (χ0v) is 17.3. The third-order valence-corrected chi connectivity index (χ3v) is 3.94. The van der Waals surface area contributed by atoms with Gasteiger partial charge in [-0.2, -0.15) is 0 Å². The number of urea groups is 1. The van der Waals surface area contributed by atoms with Crippen LogP contribution in [0.25, 0.3) is 0 Å². The Morgan fingerprint density at radius 2 is 1.82 bits per heavy atom. The number of likely N-dealkylation sites (N-methyl/N-ethyl adjacent to an activating group) is 1. The lowest BCUT2D eigenvalue weighted by Gasteiger charge is -2.21. The summed E-state index contributed by atoms with van der Waals surface area (Å²) in [4.78, 5) is 26.1. The standard InChI is InChI=1S/C21H26ClN3O3/c1-21(2,3)24-19(26)15-7-5-9-17(13-15)23-20(27)25(4)11-12-28-18-10-6-8-16(22)14-18/h5-10,13-14H,11-12H2,1-4H3,(H,23,27)(H,24,26). The van der Waals surface area contributed by atoms with Crippen molar-refractivity contribution < 1.29 is 14.3 Å². The molecule has 0 bridgehead atoms. The van der Waals surface area contributed by atoms with E-state index in [1.165, 1.54) is 4.90 Å². The Labute approximate surface area is 170 Å². The first-order valence-corrected chi connectivity index (χ1v) is 9.35. The highest BCUT2D eigenvalue weighted by molar-refractivity contribution is 6.30. The fourth-order valence-corrected chi connectivity index (χ4v) is 2.51. The van der Waals surface area contributed by atoms with Gasteiger partial charge in [0.1, 0.15) is 12.4 Å². The minimum atomic E-state index is -0.334. The summed E-state index contributed by atoms with van der Waals surface area (Å²) >= 11 is 5.91. The van der Waals surface area contributed by atoms with Crippen molar-refractivity contribution in [3.05, 3.63) is 59.1 Å². The number of rotatable bonds is 6. The minimum Gasteiger partial charge on any atom is -0.492 e. The maximum atomic E-state index is 12.4. The quantitative estimate of drug-likeness (QED) is 0.750. The molecule has 0 radical (unpaired) electrons. The Bertz CT molecular complexity index is 834. The summed E-state index contributed by atoms with van der Waals surface area (Å²) in [5.41, 5.74) is 0.702. The number of ether oxygens (including phenoxy) is 1. The van der Waals surface area contributed by atoms with Gasteiger partial charge < -0.3 is 20.3 Å². The minimum absolute atomic E-state index is 0.188. The van der Waals surface area contributed by atoms with Crippen molar-refractivity contribution in [2.45, 2.75) is 26.3 Å². The van der Waals surface area contributed by atoms with E-state index < -0.39 is 0 Å². The van der Waals surface area contributed by atoms with Crippen molar-refractivity contribution in [2.24, 2.45) is 0 Å². The highest BCUT2D eigenvalue weighted by Crippen LogP contribution is 2.17.